The third-order valence-electron chi connectivity index (χ3n) is 2.31. The van der Waals surface area contributed by atoms with Crippen molar-refractivity contribution in [2.75, 3.05) is 13.6 Å². The first-order chi connectivity index (χ1) is 7.24. The molecule has 81 valence electrons. The van der Waals surface area contributed by atoms with Crippen LogP contribution in [0.2, 0.25) is 0 Å². The summed E-state index contributed by atoms with van der Waals surface area (Å²) < 4.78 is 0. The van der Waals surface area contributed by atoms with Gasteiger partial charge in [0.05, 0.1) is 6.42 Å². The molecule has 2 heteroatoms. The number of carbonyl (C=O) groups excluding carboxylic acids is 1. The topological polar surface area (TPSA) is 20.3 Å². The van der Waals surface area contributed by atoms with E-state index in [0.29, 0.717) is 0 Å². The molecule has 15 heavy (non-hydrogen) atoms. The summed E-state index contributed by atoms with van der Waals surface area (Å²) in [4.78, 5) is 13.4. The summed E-state index contributed by atoms with van der Waals surface area (Å²) in [7, 11) is 1.84. The number of hydrogen-bond donors (Lipinski definition) is 0. The second-order valence-electron chi connectivity index (χ2n) is 3.67. The first kappa shape index (κ1) is 11.8. The van der Waals surface area contributed by atoms with Crippen molar-refractivity contribution in [3.8, 4) is 0 Å². The normalized spacial score (nSPS) is 10.0. The lowest BCUT2D eigenvalue weighted by molar-refractivity contribution is -0.126. The van der Waals surface area contributed by atoms with Gasteiger partial charge in [-0.2, -0.15) is 0 Å². The SMILES string of the molecule is CCCCN(C)C(=O)[CH]c1ccccc1. The molecule has 0 spiro atoms. The molecule has 1 amide bonds. The molecule has 0 bridgehead atoms. The van der Waals surface area contributed by atoms with E-state index in [2.05, 4.69) is 6.92 Å². The third-order valence-corrected chi connectivity index (χ3v) is 2.31. The molecular formula is C13H18NO. The van der Waals surface area contributed by atoms with Crippen LogP contribution in [0.5, 0.6) is 0 Å². The lowest BCUT2D eigenvalue weighted by atomic mass is 10.1. The maximum absolute atomic E-state index is 11.7. The second-order valence-corrected chi connectivity index (χ2v) is 3.67. The smallest absolute Gasteiger partial charge is 0.231 e. The first-order valence-corrected chi connectivity index (χ1v) is 5.39. The van der Waals surface area contributed by atoms with Gasteiger partial charge in [-0.1, -0.05) is 43.7 Å². The Morgan fingerprint density at radius 3 is 2.60 bits per heavy atom. The maximum Gasteiger partial charge on any atom is 0.231 e. The molecular weight excluding hydrogens is 186 g/mol. The van der Waals surface area contributed by atoms with Crippen LogP contribution < -0.4 is 0 Å². The molecule has 0 aliphatic heterocycles. The molecule has 0 heterocycles. The molecule has 1 aromatic rings. The zero-order valence-electron chi connectivity index (χ0n) is 9.44. The van der Waals surface area contributed by atoms with Gasteiger partial charge in [-0.15, -0.1) is 0 Å². The van der Waals surface area contributed by atoms with E-state index in [1.165, 1.54) is 0 Å². The standard InChI is InChI=1S/C13H18NO/c1-3-4-10-14(2)13(15)11-12-8-6-5-7-9-12/h5-9,11H,3-4,10H2,1-2H3. The molecule has 0 aromatic heterocycles. The van der Waals surface area contributed by atoms with E-state index in [9.17, 15) is 4.79 Å². The number of carbonyl (C=O) groups is 1. The van der Waals surface area contributed by atoms with Crippen molar-refractivity contribution >= 4 is 5.91 Å². The highest BCUT2D eigenvalue weighted by atomic mass is 16.2. The number of hydrogen-bond acceptors (Lipinski definition) is 1. The van der Waals surface area contributed by atoms with Gasteiger partial charge < -0.3 is 4.90 Å². The third kappa shape index (κ3) is 4.15. The van der Waals surface area contributed by atoms with E-state index < -0.39 is 0 Å². The maximum atomic E-state index is 11.7. The summed E-state index contributed by atoms with van der Waals surface area (Å²) in [6.45, 7) is 2.96. The average molecular weight is 204 g/mol. The highest BCUT2D eigenvalue weighted by Crippen LogP contribution is 2.04. The number of benzene rings is 1. The highest BCUT2D eigenvalue weighted by molar-refractivity contribution is 5.88. The highest BCUT2D eigenvalue weighted by Gasteiger charge is 2.08. The summed E-state index contributed by atoms with van der Waals surface area (Å²) in [5, 5.41) is 0. The van der Waals surface area contributed by atoms with E-state index >= 15 is 0 Å². The van der Waals surface area contributed by atoms with Crippen LogP contribution in [-0.4, -0.2) is 24.4 Å². The van der Waals surface area contributed by atoms with Crippen LogP contribution >= 0.6 is 0 Å². The van der Waals surface area contributed by atoms with Gasteiger partial charge in [0.25, 0.3) is 0 Å². The Morgan fingerprint density at radius 1 is 1.33 bits per heavy atom. The van der Waals surface area contributed by atoms with Gasteiger partial charge in [-0.25, -0.2) is 0 Å². The van der Waals surface area contributed by atoms with Crippen molar-refractivity contribution in [2.45, 2.75) is 19.8 Å². The van der Waals surface area contributed by atoms with Crippen molar-refractivity contribution in [1.29, 1.82) is 0 Å². The van der Waals surface area contributed by atoms with Gasteiger partial charge in [-0.05, 0) is 12.0 Å². The second kappa shape index (κ2) is 6.23. The number of unbranched alkanes of at least 4 members (excludes halogenated alkanes) is 1. The van der Waals surface area contributed by atoms with Gasteiger partial charge in [0.2, 0.25) is 5.91 Å². The molecule has 0 unspecified atom stereocenters. The molecule has 0 N–H and O–H groups in total. The number of nitrogens with zero attached hydrogens (tertiary/aromatic N) is 1. The average Bonchev–Trinajstić information content (AvgIpc) is 2.27. The van der Waals surface area contributed by atoms with E-state index in [0.717, 1.165) is 24.9 Å². The zero-order chi connectivity index (χ0) is 11.1. The fourth-order valence-electron chi connectivity index (χ4n) is 1.31. The van der Waals surface area contributed by atoms with Crippen LogP contribution in [0.3, 0.4) is 0 Å². The van der Waals surface area contributed by atoms with Gasteiger partial charge in [0.1, 0.15) is 0 Å². The predicted octanol–water partition coefficient (Wildman–Crippen LogP) is 2.50. The fourth-order valence-corrected chi connectivity index (χ4v) is 1.31. The zero-order valence-corrected chi connectivity index (χ0v) is 9.44. The Labute approximate surface area is 91.9 Å². The van der Waals surface area contributed by atoms with Crippen LogP contribution in [-0.2, 0) is 4.79 Å². The van der Waals surface area contributed by atoms with Gasteiger partial charge in [0, 0.05) is 13.6 Å². The van der Waals surface area contributed by atoms with Crippen LogP contribution in [0.4, 0.5) is 0 Å². The van der Waals surface area contributed by atoms with Crippen LogP contribution in [0.25, 0.3) is 0 Å². The predicted molar refractivity (Wildman–Crippen MR) is 62.4 cm³/mol. The van der Waals surface area contributed by atoms with Crippen molar-refractivity contribution in [3.63, 3.8) is 0 Å². The van der Waals surface area contributed by atoms with E-state index in [4.69, 9.17) is 0 Å². The van der Waals surface area contributed by atoms with Crippen LogP contribution in [0, 0.1) is 6.42 Å². The van der Waals surface area contributed by atoms with Gasteiger partial charge in [-0.3, -0.25) is 4.79 Å². The molecule has 0 saturated heterocycles. The van der Waals surface area contributed by atoms with Crippen molar-refractivity contribution in [2.24, 2.45) is 0 Å². The van der Waals surface area contributed by atoms with E-state index in [-0.39, 0.29) is 5.91 Å². The van der Waals surface area contributed by atoms with Gasteiger partial charge in [0.15, 0.2) is 0 Å². The molecule has 0 saturated carbocycles. The number of amides is 1. The lowest BCUT2D eigenvalue weighted by Gasteiger charge is -2.16. The molecule has 1 rings (SSSR count). The molecule has 1 aromatic carbocycles. The van der Waals surface area contributed by atoms with Crippen LogP contribution in [0.15, 0.2) is 30.3 Å². The fraction of sp³-hybridized carbons (Fsp3) is 0.385. The lowest BCUT2D eigenvalue weighted by Crippen LogP contribution is -2.27. The Kier molecular flexibility index (Phi) is 4.88. The monoisotopic (exact) mass is 204 g/mol. The largest absolute Gasteiger partial charge is 0.345 e. The Hall–Kier alpha value is -1.31. The summed E-state index contributed by atoms with van der Waals surface area (Å²) in [5.41, 5.74) is 0.964. The minimum atomic E-state index is 0.0784. The van der Waals surface area contributed by atoms with Crippen LogP contribution in [0.1, 0.15) is 25.3 Å². The molecule has 0 aliphatic carbocycles. The molecule has 0 fully saturated rings. The summed E-state index contributed by atoms with van der Waals surface area (Å²) in [5.74, 6) is 0.0784. The van der Waals surface area contributed by atoms with Crippen molar-refractivity contribution < 1.29 is 4.79 Å². The molecule has 1 radical (unpaired) electrons. The van der Waals surface area contributed by atoms with E-state index in [1.807, 2.05) is 37.4 Å². The Bertz CT molecular complexity index is 295. The van der Waals surface area contributed by atoms with E-state index in [1.54, 1.807) is 11.3 Å². The minimum absolute atomic E-state index is 0.0784. The Balaban J connectivity index is 2.42. The van der Waals surface area contributed by atoms with Crippen molar-refractivity contribution in [3.05, 3.63) is 42.3 Å². The first-order valence-electron chi connectivity index (χ1n) is 5.39. The number of rotatable bonds is 5. The summed E-state index contributed by atoms with van der Waals surface area (Å²) in [6.07, 6.45) is 3.85. The van der Waals surface area contributed by atoms with Gasteiger partial charge >= 0.3 is 0 Å². The summed E-state index contributed by atoms with van der Waals surface area (Å²) >= 11 is 0. The minimum Gasteiger partial charge on any atom is -0.345 e. The summed E-state index contributed by atoms with van der Waals surface area (Å²) in [6, 6.07) is 9.69. The molecule has 0 aliphatic rings. The number of likely N-dealkylation sites (N-methyl/N-ethyl adjacent to an activating group) is 1. The Morgan fingerprint density at radius 2 is 2.00 bits per heavy atom. The molecule has 2 nitrogen and oxygen atoms in total. The van der Waals surface area contributed by atoms with Crippen molar-refractivity contribution in [1.82, 2.24) is 4.90 Å². The molecule has 0 atom stereocenters. The quantitative estimate of drug-likeness (QED) is 0.721.